The van der Waals surface area contributed by atoms with Crippen molar-refractivity contribution in [3.05, 3.63) is 0 Å². The molecule has 1 saturated carbocycles. The molecule has 228 valence electrons. The molecule has 1 aliphatic rings. The molecule has 0 atom stereocenters. The molecule has 38 heavy (non-hydrogen) atoms. The highest BCUT2D eigenvalue weighted by molar-refractivity contribution is 5.17. The van der Waals surface area contributed by atoms with Crippen LogP contribution in [0.15, 0.2) is 0 Å². The van der Waals surface area contributed by atoms with Gasteiger partial charge in [0.05, 0.1) is 12.2 Å². The summed E-state index contributed by atoms with van der Waals surface area (Å²) in [6.45, 7) is 9.13. The van der Waals surface area contributed by atoms with Crippen molar-refractivity contribution < 1.29 is 10.2 Å². The molecule has 2 N–H and O–H groups in total. The first-order valence-electron chi connectivity index (χ1n) is 17.9. The molecular weight excluding hydrogens is 464 g/mol. The molecule has 0 aliphatic heterocycles. The molecule has 0 unspecified atom stereocenters. The van der Waals surface area contributed by atoms with Crippen LogP contribution in [0.4, 0.5) is 0 Å². The van der Waals surface area contributed by atoms with Gasteiger partial charge in [0.25, 0.3) is 0 Å². The van der Waals surface area contributed by atoms with Crippen molar-refractivity contribution in [1.82, 2.24) is 0 Å². The fraction of sp³-hybridized carbons (Fsp3) is 1.00. The molecule has 0 radical (unpaired) electrons. The van der Waals surface area contributed by atoms with E-state index in [1.165, 1.54) is 154 Å². The van der Waals surface area contributed by atoms with E-state index in [2.05, 4.69) is 27.7 Å². The third kappa shape index (κ3) is 12.2. The van der Waals surface area contributed by atoms with E-state index in [-0.39, 0.29) is 23.0 Å². The molecule has 0 heterocycles. The van der Waals surface area contributed by atoms with Gasteiger partial charge in [0.15, 0.2) is 0 Å². The zero-order valence-electron chi connectivity index (χ0n) is 26.8. The highest BCUT2D eigenvalue weighted by atomic mass is 16.3. The van der Waals surface area contributed by atoms with Crippen LogP contribution in [0.5, 0.6) is 0 Å². The van der Waals surface area contributed by atoms with Crippen LogP contribution in [0.25, 0.3) is 0 Å². The average molecular weight is 537 g/mol. The van der Waals surface area contributed by atoms with E-state index in [1.54, 1.807) is 0 Å². The van der Waals surface area contributed by atoms with E-state index in [1.807, 2.05) is 0 Å². The fourth-order valence-electron chi connectivity index (χ4n) is 7.63. The highest BCUT2D eigenvalue weighted by Crippen LogP contribution is 2.63. The Balaban J connectivity index is 2.82. The zero-order valence-corrected chi connectivity index (χ0v) is 26.8. The van der Waals surface area contributed by atoms with Gasteiger partial charge in [-0.05, 0) is 25.7 Å². The number of aliphatic hydroxyl groups is 2. The highest BCUT2D eigenvalue weighted by Gasteiger charge is 2.68. The van der Waals surface area contributed by atoms with Crippen LogP contribution in [0.2, 0.25) is 0 Å². The van der Waals surface area contributed by atoms with Crippen LogP contribution >= 0.6 is 0 Å². The fourth-order valence-corrected chi connectivity index (χ4v) is 7.63. The summed E-state index contributed by atoms with van der Waals surface area (Å²) in [6.07, 6.45) is 34.4. The van der Waals surface area contributed by atoms with Crippen LogP contribution in [-0.4, -0.2) is 22.4 Å². The number of hydrogen-bond acceptors (Lipinski definition) is 2. The van der Waals surface area contributed by atoms with Crippen molar-refractivity contribution in [2.24, 2.45) is 10.8 Å². The summed E-state index contributed by atoms with van der Waals surface area (Å²) >= 11 is 0. The molecule has 2 heteroatoms. The van der Waals surface area contributed by atoms with Gasteiger partial charge in [-0.15, -0.1) is 0 Å². The Bertz CT molecular complexity index is 425. The number of rotatable bonds is 28. The number of hydrogen-bond donors (Lipinski definition) is 2. The maximum absolute atomic E-state index is 12.0. The first kappa shape index (κ1) is 35.9. The second-order valence-corrected chi connectivity index (χ2v) is 13.3. The predicted octanol–water partition coefficient (Wildman–Crippen LogP) is 11.7. The summed E-state index contributed by atoms with van der Waals surface area (Å²) in [7, 11) is 0. The summed E-state index contributed by atoms with van der Waals surface area (Å²) in [5.41, 5.74) is -0.472. The van der Waals surface area contributed by atoms with Gasteiger partial charge in [-0.25, -0.2) is 0 Å². The van der Waals surface area contributed by atoms with Crippen molar-refractivity contribution in [3.8, 4) is 0 Å². The monoisotopic (exact) mass is 537 g/mol. The van der Waals surface area contributed by atoms with Crippen molar-refractivity contribution >= 4 is 0 Å². The minimum Gasteiger partial charge on any atom is -0.392 e. The predicted molar refractivity (Wildman–Crippen MR) is 169 cm³/mol. The summed E-state index contributed by atoms with van der Waals surface area (Å²) in [5.74, 6) is 0. The van der Waals surface area contributed by atoms with Crippen LogP contribution in [0, 0.1) is 10.8 Å². The summed E-state index contributed by atoms with van der Waals surface area (Å²) in [6, 6.07) is 0. The first-order valence-corrected chi connectivity index (χ1v) is 17.9. The lowest BCUT2D eigenvalue weighted by Gasteiger charge is -2.66. The van der Waals surface area contributed by atoms with E-state index in [0.29, 0.717) is 0 Å². The van der Waals surface area contributed by atoms with Crippen LogP contribution in [0.1, 0.15) is 207 Å². The Labute approximate surface area is 240 Å². The van der Waals surface area contributed by atoms with Gasteiger partial charge in [0, 0.05) is 10.8 Å². The van der Waals surface area contributed by atoms with Crippen molar-refractivity contribution in [3.63, 3.8) is 0 Å². The second kappa shape index (κ2) is 22.6. The summed E-state index contributed by atoms with van der Waals surface area (Å²) < 4.78 is 0. The zero-order chi connectivity index (χ0) is 28.0. The Morgan fingerprint density at radius 3 is 0.711 bits per heavy atom. The van der Waals surface area contributed by atoms with Crippen molar-refractivity contribution in [2.75, 3.05) is 0 Å². The number of unbranched alkanes of at least 4 members (excludes halogenated alkanes) is 20. The summed E-state index contributed by atoms with van der Waals surface area (Å²) in [4.78, 5) is 0. The lowest BCUT2D eigenvalue weighted by molar-refractivity contribution is -0.290. The lowest BCUT2D eigenvalue weighted by atomic mass is 9.42. The number of aliphatic hydroxyl groups excluding tert-OH is 2. The van der Waals surface area contributed by atoms with Crippen molar-refractivity contribution in [1.29, 1.82) is 0 Å². The van der Waals surface area contributed by atoms with Gasteiger partial charge in [-0.3, -0.25) is 0 Å². The molecule has 0 amide bonds. The molecule has 0 bridgehead atoms. The van der Waals surface area contributed by atoms with E-state index < -0.39 is 0 Å². The quantitative estimate of drug-likeness (QED) is 0.0976. The van der Waals surface area contributed by atoms with Crippen LogP contribution < -0.4 is 0 Å². The van der Waals surface area contributed by atoms with Crippen molar-refractivity contribution in [2.45, 2.75) is 220 Å². The van der Waals surface area contributed by atoms with E-state index in [9.17, 15) is 10.2 Å². The van der Waals surface area contributed by atoms with Gasteiger partial charge in [0.1, 0.15) is 0 Å². The largest absolute Gasteiger partial charge is 0.392 e. The Morgan fingerprint density at radius 1 is 0.316 bits per heavy atom. The lowest BCUT2D eigenvalue weighted by Crippen LogP contribution is -2.72. The maximum atomic E-state index is 12.0. The van der Waals surface area contributed by atoms with E-state index in [4.69, 9.17) is 0 Å². The Morgan fingerprint density at radius 2 is 0.500 bits per heavy atom. The third-order valence-electron chi connectivity index (χ3n) is 10.2. The SMILES string of the molecule is CCCCCCCCC1(CCCCCCCC)C(O)C(CCCCCCCC)(CCCCCCCC)C1O. The van der Waals surface area contributed by atoms with Gasteiger partial charge in [-0.1, -0.05) is 182 Å². The van der Waals surface area contributed by atoms with Crippen LogP contribution in [0.3, 0.4) is 0 Å². The standard InChI is InChI=1S/C36H72O2/c1-5-9-13-17-21-25-29-35(30-26-22-18-14-10-6-2)33(37)36(34(35)38,31-27-23-19-15-11-7-3)32-28-24-20-16-12-8-4/h33-34,37-38H,5-32H2,1-4H3. The van der Waals surface area contributed by atoms with E-state index in [0.717, 1.165) is 25.7 Å². The van der Waals surface area contributed by atoms with Crippen LogP contribution in [-0.2, 0) is 0 Å². The molecule has 0 aromatic heterocycles. The molecule has 0 aromatic rings. The van der Waals surface area contributed by atoms with Gasteiger partial charge in [0.2, 0.25) is 0 Å². The molecule has 1 aliphatic carbocycles. The van der Waals surface area contributed by atoms with Gasteiger partial charge in [-0.2, -0.15) is 0 Å². The summed E-state index contributed by atoms with van der Waals surface area (Å²) in [5, 5.41) is 24.1. The van der Waals surface area contributed by atoms with E-state index >= 15 is 0 Å². The molecule has 0 spiro atoms. The second-order valence-electron chi connectivity index (χ2n) is 13.3. The first-order chi connectivity index (χ1) is 18.6. The van der Waals surface area contributed by atoms with Gasteiger partial charge >= 0.3 is 0 Å². The normalized spacial score (nSPS) is 20.1. The molecule has 1 fully saturated rings. The topological polar surface area (TPSA) is 40.5 Å². The molecule has 2 nitrogen and oxygen atoms in total. The Kier molecular flexibility index (Phi) is 21.4. The molecule has 0 saturated heterocycles. The van der Waals surface area contributed by atoms with Gasteiger partial charge < -0.3 is 10.2 Å². The third-order valence-corrected chi connectivity index (χ3v) is 10.2. The molecule has 1 rings (SSSR count). The maximum Gasteiger partial charge on any atom is 0.0702 e. The minimum atomic E-state index is -0.303. The Hall–Kier alpha value is -0.0800. The molecular formula is C36H72O2. The molecule has 0 aromatic carbocycles. The average Bonchev–Trinajstić information content (AvgIpc) is 2.93. The smallest absolute Gasteiger partial charge is 0.0702 e. The minimum absolute atomic E-state index is 0.236.